The maximum atomic E-state index is 9.12. The van der Waals surface area contributed by atoms with E-state index in [1.165, 1.54) is 45.9 Å². The number of rotatable bonds is 18. The van der Waals surface area contributed by atoms with Gasteiger partial charge in [0.2, 0.25) is 10.3 Å². The van der Waals surface area contributed by atoms with E-state index in [1.807, 2.05) is 43.2 Å². The molecule has 0 heterocycles. The Hall–Kier alpha value is 0.575. The van der Waals surface area contributed by atoms with Gasteiger partial charge in [-0.15, -0.1) is 0 Å². The van der Waals surface area contributed by atoms with E-state index in [9.17, 15) is 0 Å². The Morgan fingerprint density at radius 3 is 0.657 bits per heavy atom. The highest BCUT2D eigenvalue weighted by atomic mass is 32.3. The van der Waals surface area contributed by atoms with Crippen LogP contribution in [0.25, 0.3) is 0 Å². The van der Waals surface area contributed by atoms with Gasteiger partial charge in [-0.25, -0.2) is 45.9 Å². The summed E-state index contributed by atoms with van der Waals surface area (Å²) in [5.74, 6) is 0. The van der Waals surface area contributed by atoms with Crippen LogP contribution in [0.3, 0.4) is 0 Å². The molecule has 0 aromatic rings. The van der Waals surface area contributed by atoms with Crippen molar-refractivity contribution < 1.29 is 0 Å². The molecule has 0 saturated carbocycles. The van der Waals surface area contributed by atoms with Gasteiger partial charge in [-0.1, -0.05) is 92.9 Å². The molecule has 27 heteroatoms. The van der Waals surface area contributed by atoms with Gasteiger partial charge in [-0.3, -0.25) is 0 Å². The summed E-state index contributed by atoms with van der Waals surface area (Å²) in [6, 6.07) is 0. The quantitative estimate of drug-likeness (QED) is 0.140. The molecular weight excluding hydrogens is 669 g/mol. The normalized spacial score (nSPS) is 8.57. The molecule has 0 rings (SSSR count). The van der Waals surface area contributed by atoms with Crippen molar-refractivity contribution >= 4 is 174 Å². The first kappa shape index (κ1) is 35.6. The molecule has 0 amide bonds. The van der Waals surface area contributed by atoms with Crippen molar-refractivity contribution in [3.05, 3.63) is 0 Å². The van der Waals surface area contributed by atoms with Gasteiger partial charge in [-0.05, 0) is 0 Å². The Labute approximate surface area is 256 Å². The lowest BCUT2D eigenvalue weighted by molar-refractivity contribution is 1.57. The molecule has 0 unspecified atom stereocenters. The molecule has 0 atom stereocenters. The predicted octanol–water partition coefficient (Wildman–Crippen LogP) is 4.98. The van der Waals surface area contributed by atoms with E-state index in [1.54, 1.807) is 0 Å². The van der Waals surface area contributed by atoms with Crippen LogP contribution in [0.1, 0.15) is 0 Å². The van der Waals surface area contributed by atoms with E-state index >= 15 is 0 Å². The Bertz CT molecular complexity index is 771. The molecular formula is C8HB7N8S12. The molecule has 0 saturated heterocycles. The van der Waals surface area contributed by atoms with Crippen LogP contribution in [-0.4, -0.2) is 35.6 Å². The molecule has 0 aromatic carbocycles. The largest absolute Gasteiger partial charge is 0.363 e. The Morgan fingerprint density at radius 2 is 0.514 bits per heavy atom. The van der Waals surface area contributed by atoms with Gasteiger partial charge in [0, 0.05) is 0 Å². The first-order valence-corrected chi connectivity index (χ1v) is 18.8. The highest BCUT2D eigenvalue weighted by Crippen LogP contribution is 2.43. The first-order chi connectivity index (χ1) is 17.0. The van der Waals surface area contributed by atoms with E-state index in [0.717, 1.165) is 92.9 Å². The fourth-order valence-corrected chi connectivity index (χ4v) is 16.4. The van der Waals surface area contributed by atoms with Crippen molar-refractivity contribution in [2.75, 3.05) is 0 Å². The second-order valence-electron chi connectivity index (χ2n) is 4.47. The van der Waals surface area contributed by atoms with Crippen molar-refractivity contribution in [1.82, 2.24) is 0 Å². The topological polar surface area (TPSA) is 190 Å². The third-order valence-electron chi connectivity index (χ3n) is 2.63. The minimum atomic E-state index is -0.450. The molecule has 0 aromatic heterocycles. The van der Waals surface area contributed by atoms with Gasteiger partial charge in [0.15, 0.2) is 0 Å². The van der Waals surface area contributed by atoms with Crippen molar-refractivity contribution in [1.29, 1.82) is 42.1 Å². The zero-order chi connectivity index (χ0) is 26.3. The van der Waals surface area contributed by atoms with Gasteiger partial charge in [0.25, 0.3) is 0 Å². The zero-order valence-corrected chi connectivity index (χ0v) is 26.4. The van der Waals surface area contributed by atoms with Crippen LogP contribution in [0.15, 0.2) is 0 Å². The van der Waals surface area contributed by atoms with Crippen LogP contribution in [0.4, 0.5) is 0 Å². The number of thiocyanates is 8. The molecule has 0 N–H and O–H groups in total. The van der Waals surface area contributed by atoms with Crippen molar-refractivity contribution in [3.8, 4) is 43.2 Å². The number of nitriles is 8. The van der Waals surface area contributed by atoms with Crippen molar-refractivity contribution in [3.63, 3.8) is 0 Å². The fourth-order valence-electron chi connectivity index (χ4n) is 1.60. The smallest absolute Gasteiger partial charge is 0.226 e. The van der Waals surface area contributed by atoms with Gasteiger partial charge < -0.3 is 0 Å². The lowest BCUT2D eigenvalue weighted by Gasteiger charge is -2.22. The minimum absolute atomic E-state index is 0.293. The molecule has 0 bridgehead atoms. The van der Waals surface area contributed by atoms with E-state index < -0.39 is 18.2 Å². The van der Waals surface area contributed by atoms with Crippen LogP contribution < -0.4 is 0 Å². The molecule has 8 nitrogen and oxygen atoms in total. The second kappa shape index (κ2) is 24.9. The van der Waals surface area contributed by atoms with E-state index in [2.05, 4.69) is 0 Å². The summed E-state index contributed by atoms with van der Waals surface area (Å²) in [7, 11) is 0.413. The SMILES string of the molecule is N#CSB(SC#N)SB(BB(SB(SC#N)SC#N)SB(SC#N)SC#N)SB(SC#N)SC#N. The molecule has 0 fully saturated rings. The van der Waals surface area contributed by atoms with Gasteiger partial charge in [0.05, 0.1) is 0 Å². The molecule has 0 aliphatic carbocycles. The fraction of sp³-hybridized carbons (Fsp3) is 0. The van der Waals surface area contributed by atoms with E-state index in [-0.39, 0.29) is 10.3 Å². The Kier molecular flexibility index (Phi) is 25.3. The van der Waals surface area contributed by atoms with Crippen LogP contribution in [-0.2, 0) is 0 Å². The summed E-state index contributed by atoms with van der Waals surface area (Å²) in [5, 5.41) is 88.2. The average molecular weight is 670 g/mol. The predicted molar refractivity (Wildman–Crippen MR) is 178 cm³/mol. The van der Waals surface area contributed by atoms with Crippen molar-refractivity contribution in [2.45, 2.75) is 0 Å². The van der Waals surface area contributed by atoms with Crippen LogP contribution in [0, 0.1) is 85.3 Å². The molecule has 35 heavy (non-hydrogen) atoms. The number of hydrogen-bond donors (Lipinski definition) is 0. The van der Waals surface area contributed by atoms with E-state index in [0.29, 0.717) is 7.06 Å². The minimum Gasteiger partial charge on any atom is -0.226 e. The van der Waals surface area contributed by atoms with Crippen LogP contribution >= 0.6 is 139 Å². The zero-order valence-electron chi connectivity index (χ0n) is 16.6. The molecule has 0 spiro atoms. The van der Waals surface area contributed by atoms with Crippen molar-refractivity contribution in [2.24, 2.45) is 0 Å². The molecule has 0 aliphatic heterocycles. The lowest BCUT2D eigenvalue weighted by atomic mass is 9.35. The summed E-state index contributed by atoms with van der Waals surface area (Å²) in [6.45, 7) is 0. The maximum absolute atomic E-state index is 9.12. The van der Waals surface area contributed by atoms with Gasteiger partial charge in [0.1, 0.15) is 50.3 Å². The molecule has 0 aliphatic rings. The molecule has 0 radical (unpaired) electrons. The summed E-state index contributed by atoms with van der Waals surface area (Å²) in [6.07, 6.45) is 0. The monoisotopic (exact) mass is 670 g/mol. The third-order valence-corrected chi connectivity index (χ3v) is 16.5. The number of nitrogens with zero attached hydrogens (tertiary/aromatic N) is 8. The van der Waals surface area contributed by atoms with Gasteiger partial charge in [-0.2, -0.15) is 42.1 Å². The first-order valence-electron chi connectivity index (χ1n) is 8.01. The standard InChI is InChI=1S/C8HB7N8S12/c16-1-24-12(25-2-17)32-10(33-13(26-3-18)27-4-19)9-11(34-14(28-5-20)29-6-21)35-15(30-7-22)31-8-23/h9H. The summed E-state index contributed by atoms with van der Waals surface area (Å²) in [4.78, 5) is 0. The summed E-state index contributed by atoms with van der Waals surface area (Å²) < 4.78 is -1.80. The highest BCUT2D eigenvalue weighted by molar-refractivity contribution is 9.01. The van der Waals surface area contributed by atoms with E-state index in [4.69, 9.17) is 42.1 Å². The lowest BCUT2D eigenvalue weighted by Crippen LogP contribution is -2.34. The Morgan fingerprint density at radius 1 is 0.343 bits per heavy atom. The average Bonchev–Trinajstić information content (AvgIpc) is 2.80. The summed E-state index contributed by atoms with van der Waals surface area (Å²) in [5.41, 5.74) is 0. The summed E-state index contributed by atoms with van der Waals surface area (Å²) >= 11 is 12.7. The van der Waals surface area contributed by atoms with Crippen LogP contribution in [0.5, 0.6) is 0 Å². The molecule has 166 valence electrons. The van der Waals surface area contributed by atoms with Gasteiger partial charge >= 0.3 is 18.2 Å². The number of hydrogen-bond acceptors (Lipinski definition) is 20. The third kappa shape index (κ3) is 18.5. The Balaban J connectivity index is 6.00. The maximum Gasteiger partial charge on any atom is 0.363 e. The van der Waals surface area contributed by atoms with Crippen LogP contribution in [0.2, 0.25) is 0 Å². The highest BCUT2D eigenvalue weighted by Gasteiger charge is 2.38. The second-order valence-corrected chi connectivity index (χ2v) is 21.0.